The number of fused-ring (bicyclic) bond motifs is 1. The van der Waals surface area contributed by atoms with Gasteiger partial charge >= 0.3 is 0 Å². The molecule has 1 aromatic carbocycles. The molecule has 0 radical (unpaired) electrons. The Bertz CT molecular complexity index is 1040. The lowest BCUT2D eigenvalue weighted by Gasteiger charge is -2.38. The summed E-state index contributed by atoms with van der Waals surface area (Å²) in [7, 11) is 0. The maximum absolute atomic E-state index is 12.7. The van der Waals surface area contributed by atoms with Gasteiger partial charge in [-0.05, 0) is 50.1 Å². The molecule has 0 atom stereocenters. The Kier molecular flexibility index (Phi) is 6.15. The number of piperidine rings is 1. The molecule has 0 unspecified atom stereocenters. The van der Waals surface area contributed by atoms with Crippen LogP contribution in [0.4, 0.5) is 0 Å². The molecule has 0 aliphatic carbocycles. The molecule has 0 saturated carbocycles. The van der Waals surface area contributed by atoms with Crippen LogP contribution in [0.5, 0.6) is 0 Å². The van der Waals surface area contributed by atoms with Crippen molar-refractivity contribution in [2.45, 2.75) is 38.8 Å². The van der Waals surface area contributed by atoms with Crippen LogP contribution in [0.1, 0.15) is 47.7 Å². The van der Waals surface area contributed by atoms with E-state index in [0.717, 1.165) is 67.6 Å². The summed E-state index contributed by atoms with van der Waals surface area (Å²) in [6.45, 7) is 5.52. The predicted octanol–water partition coefficient (Wildman–Crippen LogP) is 4.33. The molecule has 0 N–H and O–H groups in total. The van der Waals surface area contributed by atoms with Crippen LogP contribution in [0.3, 0.4) is 0 Å². The normalized spacial score (nSPS) is 14.9. The molecule has 30 heavy (non-hydrogen) atoms. The van der Waals surface area contributed by atoms with Gasteiger partial charge in [0.05, 0.1) is 11.1 Å². The highest BCUT2D eigenvalue weighted by Crippen LogP contribution is 2.24. The topological polar surface area (TPSA) is 51.8 Å². The van der Waals surface area contributed by atoms with Crippen molar-refractivity contribution < 1.29 is 4.79 Å². The highest BCUT2D eigenvalue weighted by molar-refractivity contribution is 5.94. The summed E-state index contributed by atoms with van der Waals surface area (Å²) in [6.07, 6.45) is 7.09. The summed E-state index contributed by atoms with van der Waals surface area (Å²) < 4.78 is 2.04. The molecule has 5 nitrogen and oxygen atoms in total. The number of nitriles is 1. The first-order valence-corrected chi connectivity index (χ1v) is 10.8. The second-order valence-corrected chi connectivity index (χ2v) is 7.99. The van der Waals surface area contributed by atoms with Crippen LogP contribution >= 0.6 is 0 Å². The summed E-state index contributed by atoms with van der Waals surface area (Å²) in [5, 5.41) is 9.74. The standard InChI is InChI=1S/C25H28N4O/c1-2-13-28(18-21-19-29-14-7-6-10-24(29)23(21)17-26)22-11-15-27(16-12-22)25(30)20-8-4-3-5-9-20/h3-10,14,19,22H,2,11-13,15-16,18H2,1H3. The summed E-state index contributed by atoms with van der Waals surface area (Å²) >= 11 is 0. The van der Waals surface area contributed by atoms with E-state index in [4.69, 9.17) is 0 Å². The number of hydrogen-bond donors (Lipinski definition) is 0. The largest absolute Gasteiger partial charge is 0.339 e. The third kappa shape index (κ3) is 4.10. The minimum atomic E-state index is 0.126. The molecule has 1 saturated heterocycles. The number of hydrogen-bond acceptors (Lipinski definition) is 3. The quantitative estimate of drug-likeness (QED) is 0.619. The van der Waals surface area contributed by atoms with Gasteiger partial charge in [0, 0.05) is 49.2 Å². The lowest BCUT2D eigenvalue weighted by molar-refractivity contribution is 0.0607. The molecule has 154 valence electrons. The lowest BCUT2D eigenvalue weighted by Crippen LogP contribution is -2.46. The van der Waals surface area contributed by atoms with Crippen molar-refractivity contribution in [3.63, 3.8) is 0 Å². The zero-order valence-corrected chi connectivity index (χ0v) is 17.5. The molecule has 2 aromatic heterocycles. The molecule has 1 fully saturated rings. The number of carbonyl (C=O) groups excluding carboxylic acids is 1. The Morgan fingerprint density at radius 3 is 2.57 bits per heavy atom. The van der Waals surface area contributed by atoms with Crippen LogP contribution in [0.2, 0.25) is 0 Å². The number of aromatic nitrogens is 1. The number of likely N-dealkylation sites (tertiary alicyclic amines) is 1. The van der Waals surface area contributed by atoms with E-state index in [-0.39, 0.29) is 5.91 Å². The van der Waals surface area contributed by atoms with Gasteiger partial charge in [0.15, 0.2) is 0 Å². The Morgan fingerprint density at radius 1 is 1.13 bits per heavy atom. The van der Waals surface area contributed by atoms with Crippen LogP contribution in [-0.4, -0.2) is 45.8 Å². The second-order valence-electron chi connectivity index (χ2n) is 7.99. The maximum Gasteiger partial charge on any atom is 0.253 e. The number of amides is 1. The van der Waals surface area contributed by atoms with Crippen molar-refractivity contribution in [3.8, 4) is 6.07 Å². The first-order valence-electron chi connectivity index (χ1n) is 10.8. The fourth-order valence-electron chi connectivity index (χ4n) is 4.52. The minimum absolute atomic E-state index is 0.126. The maximum atomic E-state index is 12.7. The van der Waals surface area contributed by atoms with Gasteiger partial charge in [-0.1, -0.05) is 31.2 Å². The van der Waals surface area contributed by atoms with Gasteiger partial charge in [0.25, 0.3) is 5.91 Å². The highest BCUT2D eigenvalue weighted by Gasteiger charge is 2.28. The number of rotatable bonds is 6. The lowest BCUT2D eigenvalue weighted by atomic mass is 10.0. The van der Waals surface area contributed by atoms with E-state index in [2.05, 4.69) is 24.1 Å². The Hall–Kier alpha value is -3.10. The van der Waals surface area contributed by atoms with Crippen molar-refractivity contribution in [1.29, 1.82) is 5.26 Å². The van der Waals surface area contributed by atoms with Gasteiger partial charge in [-0.2, -0.15) is 5.26 Å². The molecule has 3 heterocycles. The third-order valence-corrected chi connectivity index (χ3v) is 6.05. The van der Waals surface area contributed by atoms with E-state index < -0.39 is 0 Å². The van der Waals surface area contributed by atoms with Crippen molar-refractivity contribution in [1.82, 2.24) is 14.2 Å². The van der Waals surface area contributed by atoms with Gasteiger partial charge in [-0.15, -0.1) is 0 Å². The van der Waals surface area contributed by atoms with Gasteiger partial charge in [0.2, 0.25) is 0 Å². The average Bonchev–Trinajstić information content (AvgIpc) is 3.16. The minimum Gasteiger partial charge on any atom is -0.339 e. The second kappa shape index (κ2) is 9.15. The number of carbonyl (C=O) groups is 1. The van der Waals surface area contributed by atoms with Crippen LogP contribution in [-0.2, 0) is 6.54 Å². The van der Waals surface area contributed by atoms with Gasteiger partial charge in [-0.25, -0.2) is 0 Å². The highest BCUT2D eigenvalue weighted by atomic mass is 16.2. The first-order chi connectivity index (χ1) is 14.7. The molecule has 5 heteroatoms. The van der Waals surface area contributed by atoms with Gasteiger partial charge in [-0.3, -0.25) is 9.69 Å². The van der Waals surface area contributed by atoms with Crippen molar-refractivity contribution in [2.75, 3.05) is 19.6 Å². The van der Waals surface area contributed by atoms with Gasteiger partial charge in [0.1, 0.15) is 6.07 Å². The Labute approximate surface area is 178 Å². The molecular weight excluding hydrogens is 372 g/mol. The summed E-state index contributed by atoms with van der Waals surface area (Å²) in [6, 6.07) is 18.3. The smallest absolute Gasteiger partial charge is 0.253 e. The molecule has 1 aliphatic rings. The van der Waals surface area contributed by atoms with E-state index in [9.17, 15) is 10.1 Å². The molecule has 3 aromatic rings. The van der Waals surface area contributed by atoms with Crippen LogP contribution in [0.15, 0.2) is 60.9 Å². The average molecular weight is 401 g/mol. The van der Waals surface area contributed by atoms with E-state index in [1.807, 2.05) is 64.0 Å². The summed E-state index contributed by atoms with van der Waals surface area (Å²) in [5.41, 5.74) is 3.59. The zero-order chi connectivity index (χ0) is 20.9. The molecule has 0 spiro atoms. The van der Waals surface area contributed by atoms with Crippen LogP contribution in [0.25, 0.3) is 5.52 Å². The van der Waals surface area contributed by atoms with E-state index in [1.54, 1.807) is 0 Å². The molecule has 4 rings (SSSR count). The van der Waals surface area contributed by atoms with Crippen molar-refractivity contribution >= 4 is 11.4 Å². The SMILES string of the molecule is CCCN(Cc1cn2ccccc2c1C#N)C1CCN(C(=O)c2ccccc2)CC1. The third-order valence-electron chi connectivity index (χ3n) is 6.05. The summed E-state index contributed by atoms with van der Waals surface area (Å²) in [4.78, 5) is 17.2. The number of nitrogens with zero attached hydrogens (tertiary/aromatic N) is 4. The number of benzene rings is 1. The van der Waals surface area contributed by atoms with Crippen molar-refractivity contribution in [3.05, 3.63) is 77.6 Å². The molecule has 1 aliphatic heterocycles. The van der Waals surface area contributed by atoms with Crippen molar-refractivity contribution in [2.24, 2.45) is 0 Å². The van der Waals surface area contributed by atoms with E-state index in [1.165, 1.54) is 0 Å². The first kappa shape index (κ1) is 20.2. The van der Waals surface area contributed by atoms with E-state index in [0.29, 0.717) is 6.04 Å². The monoisotopic (exact) mass is 400 g/mol. The Morgan fingerprint density at radius 2 is 1.87 bits per heavy atom. The summed E-state index contributed by atoms with van der Waals surface area (Å²) in [5.74, 6) is 0.126. The van der Waals surface area contributed by atoms with Crippen LogP contribution in [0, 0.1) is 11.3 Å². The zero-order valence-electron chi connectivity index (χ0n) is 17.5. The molecular formula is C25H28N4O. The molecule has 1 amide bonds. The Balaban J connectivity index is 1.46. The van der Waals surface area contributed by atoms with Gasteiger partial charge < -0.3 is 9.30 Å². The van der Waals surface area contributed by atoms with E-state index >= 15 is 0 Å². The predicted molar refractivity (Wildman–Crippen MR) is 118 cm³/mol. The molecule has 0 bridgehead atoms. The van der Waals surface area contributed by atoms with Crippen LogP contribution < -0.4 is 0 Å². The fourth-order valence-corrected chi connectivity index (χ4v) is 4.52. The number of pyridine rings is 1. The fraction of sp³-hybridized carbons (Fsp3) is 0.360.